The highest BCUT2D eigenvalue weighted by molar-refractivity contribution is 7.99. The van der Waals surface area contributed by atoms with Crippen LogP contribution in [0.4, 0.5) is 0 Å². The smallest absolute Gasteiger partial charge is 0.230 e. The molecule has 6 heteroatoms. The van der Waals surface area contributed by atoms with E-state index in [4.69, 9.17) is 10.9 Å². The third-order valence-corrected chi connectivity index (χ3v) is 3.91. The Kier molecular flexibility index (Phi) is 5.45. The van der Waals surface area contributed by atoms with Crippen molar-refractivity contribution in [2.75, 3.05) is 18.1 Å². The van der Waals surface area contributed by atoms with E-state index in [0.717, 1.165) is 12.8 Å². The maximum absolute atomic E-state index is 11.6. The fourth-order valence-corrected chi connectivity index (χ4v) is 2.77. The molecule has 0 bridgehead atoms. The lowest BCUT2D eigenvalue weighted by Gasteiger charge is -2.22. The number of hydrogen-bond donors (Lipinski definition) is 3. The van der Waals surface area contributed by atoms with Gasteiger partial charge in [-0.05, 0) is 37.2 Å². The predicted octanol–water partition coefficient (Wildman–Crippen LogP) is 0.628. The molecule has 16 heavy (non-hydrogen) atoms. The molecule has 0 spiro atoms. The van der Waals surface area contributed by atoms with Crippen molar-refractivity contribution in [3.63, 3.8) is 0 Å². The average Bonchev–Trinajstić information content (AvgIpc) is 2.35. The van der Waals surface area contributed by atoms with E-state index >= 15 is 0 Å². The number of rotatable bonds is 4. The second-order valence-corrected chi connectivity index (χ2v) is 5.27. The molecule has 1 aliphatic heterocycles. The Hall–Kier alpha value is -0.910. The van der Waals surface area contributed by atoms with Gasteiger partial charge in [0.25, 0.3) is 0 Å². The van der Waals surface area contributed by atoms with Crippen molar-refractivity contribution in [3.05, 3.63) is 0 Å². The molecule has 1 atom stereocenters. The molecule has 0 aromatic rings. The van der Waals surface area contributed by atoms with Gasteiger partial charge in [-0.3, -0.25) is 4.79 Å². The summed E-state index contributed by atoms with van der Waals surface area (Å²) in [5.41, 5.74) is 5.36. The molecule has 1 amide bonds. The second-order valence-electron chi connectivity index (χ2n) is 4.05. The van der Waals surface area contributed by atoms with Crippen molar-refractivity contribution in [1.29, 1.82) is 0 Å². The Morgan fingerprint density at radius 2 is 2.25 bits per heavy atom. The molecule has 1 unspecified atom stereocenters. The zero-order valence-electron chi connectivity index (χ0n) is 9.48. The van der Waals surface area contributed by atoms with Gasteiger partial charge in [-0.2, -0.15) is 11.8 Å². The van der Waals surface area contributed by atoms with Gasteiger partial charge in [-0.25, -0.2) is 0 Å². The van der Waals surface area contributed by atoms with Crippen molar-refractivity contribution < 1.29 is 10.0 Å². The van der Waals surface area contributed by atoms with Gasteiger partial charge >= 0.3 is 0 Å². The number of amides is 1. The van der Waals surface area contributed by atoms with Crippen LogP contribution in [-0.4, -0.2) is 35.0 Å². The van der Waals surface area contributed by atoms with E-state index in [0.29, 0.717) is 12.5 Å². The first kappa shape index (κ1) is 13.2. The molecular formula is C10H19N3O2S. The van der Waals surface area contributed by atoms with Gasteiger partial charge in [0.1, 0.15) is 0 Å². The molecule has 92 valence electrons. The molecule has 0 aromatic carbocycles. The quantitative estimate of drug-likeness (QED) is 0.293. The van der Waals surface area contributed by atoms with Gasteiger partial charge in [0.15, 0.2) is 5.84 Å². The highest BCUT2D eigenvalue weighted by atomic mass is 32.2. The number of hydrogen-bond acceptors (Lipinski definition) is 4. The summed E-state index contributed by atoms with van der Waals surface area (Å²) >= 11 is 1.96. The normalized spacial score (nSPS) is 20.4. The largest absolute Gasteiger partial charge is 0.409 e. The van der Waals surface area contributed by atoms with Crippen molar-refractivity contribution in [2.24, 2.45) is 22.7 Å². The van der Waals surface area contributed by atoms with Crippen LogP contribution in [0.2, 0.25) is 0 Å². The molecule has 1 aliphatic rings. The van der Waals surface area contributed by atoms with Crippen LogP contribution >= 0.6 is 11.8 Å². The first-order valence-electron chi connectivity index (χ1n) is 5.48. The standard InChI is InChI=1S/C10H19N3O2S/c1-7(9(11)13-15)10(14)12-6-8-2-4-16-5-3-8/h7-8,15H,2-6H2,1H3,(H2,11,13)(H,12,14). The third kappa shape index (κ3) is 3.92. The van der Waals surface area contributed by atoms with E-state index in [1.807, 2.05) is 11.8 Å². The molecule has 5 nitrogen and oxygen atoms in total. The maximum Gasteiger partial charge on any atom is 0.230 e. The lowest BCUT2D eigenvalue weighted by molar-refractivity contribution is -0.122. The maximum atomic E-state index is 11.6. The van der Waals surface area contributed by atoms with Crippen LogP contribution in [0, 0.1) is 11.8 Å². The Balaban J connectivity index is 2.28. The molecule has 0 saturated carbocycles. The molecule has 4 N–H and O–H groups in total. The molecule has 1 rings (SSSR count). The van der Waals surface area contributed by atoms with Crippen LogP contribution in [-0.2, 0) is 4.79 Å². The van der Waals surface area contributed by atoms with E-state index < -0.39 is 5.92 Å². The molecule has 1 heterocycles. The van der Waals surface area contributed by atoms with Gasteiger partial charge in [-0.1, -0.05) is 5.16 Å². The van der Waals surface area contributed by atoms with Crippen LogP contribution in [0.5, 0.6) is 0 Å². The Labute approximate surface area is 99.8 Å². The molecule has 0 aliphatic carbocycles. The zero-order valence-corrected chi connectivity index (χ0v) is 10.3. The number of nitrogens with zero attached hydrogens (tertiary/aromatic N) is 1. The molecule has 0 aromatic heterocycles. The second kappa shape index (κ2) is 6.62. The number of carbonyl (C=O) groups is 1. The summed E-state index contributed by atoms with van der Waals surface area (Å²) in [5, 5.41) is 14.1. The number of carbonyl (C=O) groups excluding carboxylic acids is 1. The summed E-state index contributed by atoms with van der Waals surface area (Å²) in [6, 6.07) is 0. The summed E-state index contributed by atoms with van der Waals surface area (Å²) in [7, 11) is 0. The Morgan fingerprint density at radius 1 is 1.62 bits per heavy atom. The summed E-state index contributed by atoms with van der Waals surface area (Å²) < 4.78 is 0. The van der Waals surface area contributed by atoms with Crippen molar-refractivity contribution >= 4 is 23.5 Å². The number of nitrogens with one attached hydrogen (secondary N) is 1. The van der Waals surface area contributed by atoms with Crippen LogP contribution in [0.1, 0.15) is 19.8 Å². The summed E-state index contributed by atoms with van der Waals surface area (Å²) in [6.07, 6.45) is 2.31. The van der Waals surface area contributed by atoms with Gasteiger partial charge in [0, 0.05) is 6.54 Å². The highest BCUT2D eigenvalue weighted by Crippen LogP contribution is 2.21. The molecule has 0 radical (unpaired) electrons. The zero-order chi connectivity index (χ0) is 12.0. The van der Waals surface area contributed by atoms with Crippen LogP contribution in [0.3, 0.4) is 0 Å². The highest BCUT2D eigenvalue weighted by Gasteiger charge is 2.19. The van der Waals surface area contributed by atoms with Crippen molar-refractivity contribution in [2.45, 2.75) is 19.8 Å². The van der Waals surface area contributed by atoms with Crippen LogP contribution < -0.4 is 11.1 Å². The number of oxime groups is 1. The van der Waals surface area contributed by atoms with E-state index in [1.54, 1.807) is 6.92 Å². The van der Waals surface area contributed by atoms with Crippen molar-refractivity contribution in [1.82, 2.24) is 5.32 Å². The van der Waals surface area contributed by atoms with Gasteiger partial charge in [0.2, 0.25) is 5.91 Å². The first-order chi connectivity index (χ1) is 7.65. The summed E-state index contributed by atoms with van der Waals surface area (Å²) in [5.74, 6) is 2.14. The first-order valence-corrected chi connectivity index (χ1v) is 6.63. The lowest BCUT2D eigenvalue weighted by Crippen LogP contribution is -2.39. The Bertz CT molecular complexity index is 265. The minimum atomic E-state index is -0.567. The summed E-state index contributed by atoms with van der Waals surface area (Å²) in [4.78, 5) is 11.6. The van der Waals surface area contributed by atoms with Crippen LogP contribution in [0.25, 0.3) is 0 Å². The fraction of sp³-hybridized carbons (Fsp3) is 0.800. The lowest BCUT2D eigenvalue weighted by atomic mass is 10.0. The number of thioether (sulfide) groups is 1. The minimum absolute atomic E-state index is 0.0447. The number of nitrogens with two attached hydrogens (primary N) is 1. The van der Waals surface area contributed by atoms with Crippen LogP contribution in [0.15, 0.2) is 5.16 Å². The SMILES string of the molecule is CC(C(=O)NCC1CCSCC1)C(N)=NO. The predicted molar refractivity (Wildman–Crippen MR) is 65.6 cm³/mol. The Morgan fingerprint density at radius 3 is 2.81 bits per heavy atom. The molecule has 1 saturated heterocycles. The monoisotopic (exact) mass is 245 g/mol. The topological polar surface area (TPSA) is 87.7 Å². The van der Waals surface area contributed by atoms with Gasteiger partial charge < -0.3 is 16.3 Å². The third-order valence-electron chi connectivity index (χ3n) is 2.86. The van der Waals surface area contributed by atoms with Gasteiger partial charge in [-0.15, -0.1) is 0 Å². The van der Waals surface area contributed by atoms with Gasteiger partial charge in [0.05, 0.1) is 5.92 Å². The average molecular weight is 245 g/mol. The number of amidine groups is 1. The van der Waals surface area contributed by atoms with E-state index in [2.05, 4.69) is 10.5 Å². The summed E-state index contributed by atoms with van der Waals surface area (Å²) in [6.45, 7) is 2.32. The van der Waals surface area contributed by atoms with E-state index in [1.165, 1.54) is 11.5 Å². The minimum Gasteiger partial charge on any atom is -0.409 e. The van der Waals surface area contributed by atoms with E-state index in [-0.39, 0.29) is 11.7 Å². The fourth-order valence-electron chi connectivity index (χ4n) is 1.57. The van der Waals surface area contributed by atoms with E-state index in [9.17, 15) is 4.79 Å². The molecule has 1 fully saturated rings. The molecular weight excluding hydrogens is 226 g/mol. The van der Waals surface area contributed by atoms with Crippen molar-refractivity contribution in [3.8, 4) is 0 Å².